The second kappa shape index (κ2) is 7.81. The quantitative estimate of drug-likeness (QED) is 0.539. The van der Waals surface area contributed by atoms with Crippen LogP contribution < -0.4 is 10.2 Å². The number of carboxylic acid groups (broad SMARTS) is 1. The number of nitrogens with one attached hydrogen (secondary N) is 1. The van der Waals surface area contributed by atoms with Gasteiger partial charge in [-0.25, -0.2) is 24.1 Å². The smallest absolute Gasteiger partial charge is 0.356 e. The minimum atomic E-state index is -1.19. The molecule has 0 bridgehead atoms. The summed E-state index contributed by atoms with van der Waals surface area (Å²) >= 11 is 5.87. The lowest BCUT2D eigenvalue weighted by Crippen LogP contribution is -2.26. The molecule has 3 atom stereocenters. The van der Waals surface area contributed by atoms with Gasteiger partial charge in [0.15, 0.2) is 17.2 Å². The number of nitriles is 1. The number of pyridine rings is 1. The number of halogens is 2. The van der Waals surface area contributed by atoms with Crippen LogP contribution in [0.1, 0.15) is 40.3 Å². The fraction of sp³-hybridized carbons (Fsp3) is 0.348. The van der Waals surface area contributed by atoms with Crippen LogP contribution in [0.5, 0.6) is 0 Å². The maximum Gasteiger partial charge on any atom is 0.356 e. The largest absolute Gasteiger partial charge is 0.476 e. The Morgan fingerprint density at radius 3 is 2.70 bits per heavy atom. The molecule has 2 fully saturated rings. The molecular weight excluding hydrogens is 447 g/mol. The summed E-state index contributed by atoms with van der Waals surface area (Å²) in [6.07, 6.45) is -0.765. The highest BCUT2D eigenvalue weighted by Crippen LogP contribution is 2.49. The molecule has 33 heavy (non-hydrogen) atoms. The van der Waals surface area contributed by atoms with Gasteiger partial charge < -0.3 is 15.3 Å². The summed E-state index contributed by atoms with van der Waals surface area (Å²) in [5, 5.41) is 22.5. The van der Waals surface area contributed by atoms with Crippen molar-refractivity contribution in [3.8, 4) is 6.07 Å². The number of hydrogen-bond donors (Lipinski definition) is 2. The van der Waals surface area contributed by atoms with Gasteiger partial charge in [-0.1, -0.05) is 17.7 Å². The minimum Gasteiger partial charge on any atom is -0.476 e. The average molecular weight is 467 g/mol. The zero-order valence-electron chi connectivity index (χ0n) is 17.9. The van der Waals surface area contributed by atoms with Gasteiger partial charge in [0.1, 0.15) is 17.4 Å². The van der Waals surface area contributed by atoms with Gasteiger partial charge in [-0.3, -0.25) is 0 Å². The van der Waals surface area contributed by atoms with Crippen LogP contribution in [0.3, 0.4) is 0 Å². The molecule has 1 aromatic carbocycles. The van der Waals surface area contributed by atoms with E-state index >= 15 is 0 Å². The molecule has 10 heteroatoms. The molecule has 2 N–H and O–H groups in total. The molecule has 0 radical (unpaired) electrons. The van der Waals surface area contributed by atoms with Gasteiger partial charge >= 0.3 is 5.97 Å². The number of piperidine rings is 1. The molecule has 168 valence electrons. The zero-order chi connectivity index (χ0) is 23.4. The van der Waals surface area contributed by atoms with Gasteiger partial charge in [0, 0.05) is 30.5 Å². The number of carbonyl (C=O) groups is 1. The Bertz CT molecular complexity index is 1330. The molecule has 2 unspecified atom stereocenters. The monoisotopic (exact) mass is 466 g/mol. The van der Waals surface area contributed by atoms with Crippen LogP contribution in [-0.2, 0) is 0 Å². The van der Waals surface area contributed by atoms with Crippen molar-refractivity contribution in [2.45, 2.75) is 26.1 Å². The molecule has 3 aromatic rings. The molecule has 0 amide bonds. The SMILES string of the molecule is Cc1cc([C@@H](C)Nc2ccc(Cl)nc2C(=O)O)c2nc(N3CC4C(F)C4C3)c(C#N)nc2c1. The van der Waals surface area contributed by atoms with Crippen molar-refractivity contribution in [3.63, 3.8) is 0 Å². The summed E-state index contributed by atoms with van der Waals surface area (Å²) < 4.78 is 13.7. The first-order valence-corrected chi connectivity index (χ1v) is 10.9. The molecule has 8 nitrogen and oxygen atoms in total. The summed E-state index contributed by atoms with van der Waals surface area (Å²) in [5.41, 5.74) is 3.25. The minimum absolute atomic E-state index is 0.000960. The Kier molecular flexibility index (Phi) is 5.05. The standard InChI is InChI=1S/C23H20ClFN6O2/c1-10-5-12(11(2)27-15-3-4-18(24)29-21(15)23(32)33)20-16(6-10)28-17(7-26)22(30-20)31-8-13-14(9-31)19(13)25/h3-6,11,13-14,19,27H,8-9H2,1-2H3,(H,32,33)/t11-,13?,14?,19?/m1/s1. The predicted octanol–water partition coefficient (Wildman–Crippen LogP) is 4.13. The fourth-order valence-corrected chi connectivity index (χ4v) is 4.75. The van der Waals surface area contributed by atoms with Crippen molar-refractivity contribution >= 4 is 40.1 Å². The average Bonchev–Trinajstić information content (AvgIpc) is 3.18. The lowest BCUT2D eigenvalue weighted by atomic mass is 10.0. The number of aromatic nitrogens is 3. The van der Waals surface area contributed by atoms with E-state index in [1.807, 2.05) is 30.9 Å². The highest BCUT2D eigenvalue weighted by Gasteiger charge is 2.57. The van der Waals surface area contributed by atoms with Crippen molar-refractivity contribution in [2.75, 3.05) is 23.3 Å². The number of rotatable bonds is 5. The van der Waals surface area contributed by atoms with Gasteiger partial charge in [-0.15, -0.1) is 0 Å². The summed E-state index contributed by atoms with van der Waals surface area (Å²) in [5.74, 6) is -0.736. The number of nitrogens with zero attached hydrogens (tertiary/aromatic N) is 5. The summed E-state index contributed by atoms with van der Waals surface area (Å²) in [6, 6.07) is 8.67. The van der Waals surface area contributed by atoms with Crippen LogP contribution in [0.2, 0.25) is 5.15 Å². The molecule has 1 saturated heterocycles. The number of fused-ring (bicyclic) bond motifs is 2. The van der Waals surface area contributed by atoms with Crippen molar-refractivity contribution < 1.29 is 14.3 Å². The number of hydrogen-bond acceptors (Lipinski definition) is 7. The summed E-state index contributed by atoms with van der Waals surface area (Å²) in [4.78, 5) is 26.8. The topological polar surface area (TPSA) is 115 Å². The van der Waals surface area contributed by atoms with Crippen LogP contribution in [0.25, 0.3) is 11.0 Å². The first-order valence-electron chi connectivity index (χ1n) is 10.5. The Labute approximate surface area is 194 Å². The highest BCUT2D eigenvalue weighted by atomic mass is 35.5. The van der Waals surface area contributed by atoms with E-state index in [0.717, 1.165) is 11.1 Å². The number of benzene rings is 1. The number of anilines is 2. The molecule has 0 spiro atoms. The molecule has 1 saturated carbocycles. The van der Waals surface area contributed by atoms with E-state index in [-0.39, 0.29) is 34.4 Å². The maximum atomic E-state index is 13.7. The van der Waals surface area contributed by atoms with Gasteiger partial charge in [-0.05, 0) is 37.6 Å². The van der Waals surface area contributed by atoms with Crippen LogP contribution in [-0.4, -0.2) is 45.3 Å². The number of alkyl halides is 1. The highest BCUT2D eigenvalue weighted by molar-refractivity contribution is 6.29. The van der Waals surface area contributed by atoms with Gasteiger partial charge in [0.25, 0.3) is 0 Å². The Morgan fingerprint density at radius 2 is 2.03 bits per heavy atom. The Hall–Kier alpha value is -3.51. The van der Waals surface area contributed by atoms with Crippen molar-refractivity contribution in [1.82, 2.24) is 15.0 Å². The normalized spacial score (nSPS) is 22.0. The third kappa shape index (κ3) is 3.70. The molecule has 2 aromatic heterocycles. The first-order chi connectivity index (χ1) is 15.8. The molecule has 1 aliphatic heterocycles. The number of aryl methyl sites for hydroxylation is 1. The van der Waals surface area contributed by atoms with Crippen molar-refractivity contribution in [2.24, 2.45) is 11.8 Å². The van der Waals surface area contributed by atoms with Crippen molar-refractivity contribution in [1.29, 1.82) is 5.26 Å². The maximum absolute atomic E-state index is 13.7. The van der Waals surface area contributed by atoms with E-state index in [1.165, 1.54) is 6.07 Å². The van der Waals surface area contributed by atoms with E-state index in [0.29, 0.717) is 35.6 Å². The molecule has 1 aliphatic carbocycles. The van der Waals surface area contributed by atoms with Crippen LogP contribution in [0.15, 0.2) is 24.3 Å². The van der Waals surface area contributed by atoms with E-state index in [2.05, 4.69) is 21.4 Å². The molecule has 2 aliphatic rings. The van der Waals surface area contributed by atoms with E-state index in [9.17, 15) is 19.6 Å². The molecule has 3 heterocycles. The zero-order valence-corrected chi connectivity index (χ0v) is 18.6. The summed E-state index contributed by atoms with van der Waals surface area (Å²) in [6.45, 7) is 4.84. The van der Waals surface area contributed by atoms with Gasteiger partial charge in [-0.2, -0.15) is 5.26 Å². The molecule has 5 rings (SSSR count). The van der Waals surface area contributed by atoms with Crippen LogP contribution in [0, 0.1) is 30.1 Å². The van der Waals surface area contributed by atoms with E-state index < -0.39 is 12.1 Å². The van der Waals surface area contributed by atoms with Crippen molar-refractivity contribution in [3.05, 3.63) is 51.9 Å². The second-order valence-electron chi connectivity index (χ2n) is 8.61. The van der Waals surface area contributed by atoms with Gasteiger partial charge in [0.05, 0.1) is 22.8 Å². The van der Waals surface area contributed by atoms with E-state index in [4.69, 9.17) is 16.6 Å². The third-order valence-electron chi connectivity index (χ3n) is 6.32. The predicted molar refractivity (Wildman–Crippen MR) is 121 cm³/mol. The second-order valence-corrected chi connectivity index (χ2v) is 9.00. The number of carboxylic acids is 1. The Balaban J connectivity index is 1.56. The Morgan fingerprint density at radius 1 is 1.30 bits per heavy atom. The number of aromatic carboxylic acids is 1. The summed E-state index contributed by atoms with van der Waals surface area (Å²) in [7, 11) is 0. The van der Waals surface area contributed by atoms with Crippen LogP contribution >= 0.6 is 11.6 Å². The fourth-order valence-electron chi connectivity index (χ4n) is 4.60. The molecular formula is C23H20ClFN6O2. The van der Waals surface area contributed by atoms with Crippen LogP contribution in [0.4, 0.5) is 15.9 Å². The van der Waals surface area contributed by atoms with Gasteiger partial charge in [0.2, 0.25) is 0 Å². The lowest BCUT2D eigenvalue weighted by molar-refractivity contribution is 0.0691. The lowest BCUT2D eigenvalue weighted by Gasteiger charge is -2.23. The first kappa shape index (κ1) is 21.3. The third-order valence-corrected chi connectivity index (χ3v) is 6.53. The van der Waals surface area contributed by atoms with E-state index in [1.54, 1.807) is 6.07 Å².